The highest BCUT2D eigenvalue weighted by Gasteiger charge is 2.13. The summed E-state index contributed by atoms with van der Waals surface area (Å²) in [6.07, 6.45) is 9.07. The van der Waals surface area contributed by atoms with Gasteiger partial charge >= 0.3 is 0 Å². The molecule has 0 saturated carbocycles. The van der Waals surface area contributed by atoms with E-state index in [4.69, 9.17) is 35.4 Å². The Bertz CT molecular complexity index is 1960. The van der Waals surface area contributed by atoms with E-state index in [-0.39, 0.29) is 13.2 Å². The van der Waals surface area contributed by atoms with Crippen LogP contribution in [0.5, 0.6) is 11.5 Å². The predicted octanol–water partition coefficient (Wildman–Crippen LogP) is 8.20. The minimum atomic E-state index is 0.0737. The van der Waals surface area contributed by atoms with Gasteiger partial charge in [-0.25, -0.2) is 9.97 Å². The number of nitrogen functional groups attached to an aromatic ring is 1. The topological polar surface area (TPSA) is 127 Å². The molecule has 4 aromatic rings. The molecule has 0 radical (unpaired) electrons. The van der Waals surface area contributed by atoms with Crippen molar-refractivity contribution >= 4 is 41.0 Å². The van der Waals surface area contributed by atoms with Gasteiger partial charge in [0.15, 0.2) is 0 Å². The van der Waals surface area contributed by atoms with Gasteiger partial charge in [0.1, 0.15) is 11.5 Å². The van der Waals surface area contributed by atoms with E-state index in [1.165, 1.54) is 0 Å². The van der Waals surface area contributed by atoms with Crippen molar-refractivity contribution in [3.05, 3.63) is 114 Å². The van der Waals surface area contributed by atoms with E-state index >= 15 is 0 Å². The Labute approximate surface area is 281 Å². The molecule has 246 valence electrons. The van der Waals surface area contributed by atoms with Gasteiger partial charge < -0.3 is 30.4 Å². The zero-order valence-electron chi connectivity index (χ0n) is 27.4. The predicted molar refractivity (Wildman–Crippen MR) is 197 cm³/mol. The molecule has 2 aromatic heterocycles. The van der Waals surface area contributed by atoms with Crippen LogP contribution in [0.2, 0.25) is 0 Å². The first-order valence-corrected chi connectivity index (χ1v) is 16.3. The molecule has 8 nitrogen and oxygen atoms in total. The number of hydrogen-bond acceptors (Lipinski definition) is 7. The molecule has 6 rings (SSSR count). The van der Waals surface area contributed by atoms with Gasteiger partial charge in [0.25, 0.3) is 0 Å². The smallest absolute Gasteiger partial charge is 0.119 e. The number of hydrogen-bond donors (Lipinski definition) is 4. The van der Waals surface area contributed by atoms with Gasteiger partial charge in [-0.1, -0.05) is 50.2 Å². The maximum atomic E-state index is 9.17. The van der Waals surface area contributed by atoms with E-state index in [0.717, 1.165) is 61.8 Å². The summed E-state index contributed by atoms with van der Waals surface area (Å²) in [6.45, 7) is 5.02. The van der Waals surface area contributed by atoms with Crippen molar-refractivity contribution < 1.29 is 19.7 Å². The lowest BCUT2D eigenvalue weighted by Crippen LogP contribution is -2.00. The minimum absolute atomic E-state index is 0.0737. The lowest BCUT2D eigenvalue weighted by molar-refractivity contribution is 0.233. The van der Waals surface area contributed by atoms with E-state index in [1.54, 1.807) is 0 Å². The number of nitrogens with one attached hydrogen (secondary N) is 1. The van der Waals surface area contributed by atoms with Crippen LogP contribution in [0, 0.1) is 0 Å². The molecule has 0 unspecified atom stereocenters. The number of aliphatic hydroxyl groups excluding tert-OH is 2. The third-order valence-electron chi connectivity index (χ3n) is 7.45. The molecule has 0 atom stereocenters. The first-order valence-electron chi connectivity index (χ1n) is 16.3. The molecule has 6 bridgehead atoms. The van der Waals surface area contributed by atoms with E-state index in [9.17, 15) is 0 Å². The van der Waals surface area contributed by atoms with Gasteiger partial charge in [0.05, 0.1) is 36.0 Å². The van der Waals surface area contributed by atoms with Crippen LogP contribution in [0.15, 0.2) is 91.0 Å². The van der Waals surface area contributed by atoms with E-state index < -0.39 is 0 Å². The van der Waals surface area contributed by atoms with Crippen LogP contribution in [-0.4, -0.2) is 51.6 Å². The lowest BCUT2D eigenvalue weighted by atomic mass is 10.0. The zero-order chi connectivity index (χ0) is 33.7. The molecule has 0 fully saturated rings. The van der Waals surface area contributed by atoms with Gasteiger partial charge in [-0.2, -0.15) is 0 Å². The van der Waals surface area contributed by atoms with Gasteiger partial charge in [-0.3, -0.25) is 0 Å². The number of nitrogens with two attached hydrogens (primary N) is 1. The van der Waals surface area contributed by atoms with Crippen molar-refractivity contribution in [1.29, 1.82) is 0 Å². The number of anilines is 1. The zero-order valence-corrected chi connectivity index (χ0v) is 27.4. The molecule has 2 aromatic carbocycles. The van der Waals surface area contributed by atoms with Crippen LogP contribution in [0.25, 0.3) is 57.6 Å². The molecule has 48 heavy (non-hydrogen) atoms. The maximum Gasteiger partial charge on any atom is 0.119 e. The molecule has 0 aliphatic carbocycles. The molecule has 5 N–H and O–H groups in total. The number of ether oxygens (including phenoxy) is 2. The van der Waals surface area contributed by atoms with Crippen LogP contribution in [-0.2, 0) is 0 Å². The molecular formula is C40H42N4O4. The number of aromatic nitrogens is 3. The number of nitrogens with zero attached hydrogens (tertiary/aromatic N) is 2. The number of fused-ring (bicyclic) bond motifs is 6. The molecule has 2 aliphatic heterocycles. The maximum absolute atomic E-state index is 9.17. The number of H-pyrrole nitrogens is 1. The molecular weight excluding hydrogens is 600 g/mol. The van der Waals surface area contributed by atoms with Crippen LogP contribution >= 0.6 is 0 Å². The van der Waals surface area contributed by atoms with E-state index in [1.807, 2.05) is 129 Å². The van der Waals surface area contributed by atoms with Crippen molar-refractivity contribution in [2.45, 2.75) is 26.7 Å². The second-order valence-electron chi connectivity index (χ2n) is 10.8. The standard InChI is InChI=1S/C38H36N4O4.C2H6/c39-33-12-2-1-9-28-13-16-35(40-28)38(27-8-4-11-32(24-27)46-22-6-20-44)36-18-15-30(42-36)25-29-14-17-34(41-29)37(33)26-7-3-10-31(23-26)45-21-5-19-43;1-2/h1-4,7-18,23-25,42-44H,5-6,19-22,39H2;1-2H3. The van der Waals surface area contributed by atoms with Crippen molar-refractivity contribution in [2.24, 2.45) is 0 Å². The molecule has 8 heteroatoms. The quantitative estimate of drug-likeness (QED) is 0.111. The Balaban J connectivity index is 0.00000221. The third kappa shape index (κ3) is 8.47. The summed E-state index contributed by atoms with van der Waals surface area (Å²) in [7, 11) is 0. The van der Waals surface area contributed by atoms with Crippen LogP contribution < -0.4 is 15.2 Å². The van der Waals surface area contributed by atoms with Gasteiger partial charge in [-0.15, -0.1) is 0 Å². The van der Waals surface area contributed by atoms with Gasteiger partial charge in [0, 0.05) is 53.9 Å². The normalized spacial score (nSPS) is 11.3. The Kier molecular flexibility index (Phi) is 12.0. The largest absolute Gasteiger partial charge is 0.493 e. The van der Waals surface area contributed by atoms with Crippen molar-refractivity contribution in [3.8, 4) is 33.8 Å². The first kappa shape index (κ1) is 33.9. The third-order valence-corrected chi connectivity index (χ3v) is 7.45. The van der Waals surface area contributed by atoms with Gasteiger partial charge in [0.2, 0.25) is 0 Å². The van der Waals surface area contributed by atoms with E-state index in [0.29, 0.717) is 37.5 Å². The average molecular weight is 643 g/mol. The Morgan fingerprint density at radius 3 is 1.88 bits per heavy atom. The van der Waals surface area contributed by atoms with Crippen molar-refractivity contribution in [3.63, 3.8) is 0 Å². The second kappa shape index (κ2) is 16.9. The summed E-state index contributed by atoms with van der Waals surface area (Å²) in [6, 6.07) is 29.4. The molecule has 2 aliphatic rings. The highest BCUT2D eigenvalue weighted by atomic mass is 16.5. The van der Waals surface area contributed by atoms with Crippen LogP contribution in [0.3, 0.4) is 0 Å². The summed E-state index contributed by atoms with van der Waals surface area (Å²) in [5.41, 5.74) is 15.8. The summed E-state index contributed by atoms with van der Waals surface area (Å²) < 4.78 is 11.7. The summed E-state index contributed by atoms with van der Waals surface area (Å²) in [4.78, 5) is 13.4. The van der Waals surface area contributed by atoms with Crippen LogP contribution in [0.1, 0.15) is 49.5 Å². The minimum Gasteiger partial charge on any atom is -0.493 e. The average Bonchev–Trinajstić information content (AvgIpc) is 3.88. The van der Waals surface area contributed by atoms with Crippen LogP contribution in [0.4, 0.5) is 5.69 Å². The van der Waals surface area contributed by atoms with Crippen molar-refractivity contribution in [1.82, 2.24) is 15.0 Å². The number of benzene rings is 2. The summed E-state index contributed by atoms with van der Waals surface area (Å²) in [5.74, 6) is 1.43. The molecule has 4 heterocycles. The number of rotatable bonds is 10. The van der Waals surface area contributed by atoms with Gasteiger partial charge in [-0.05, 0) is 90.0 Å². The first-order chi connectivity index (χ1) is 23.6. The fraction of sp³-hybridized carbons (Fsp3) is 0.200. The molecule has 0 saturated heterocycles. The Morgan fingerprint density at radius 2 is 1.21 bits per heavy atom. The fourth-order valence-corrected chi connectivity index (χ4v) is 5.30. The van der Waals surface area contributed by atoms with Crippen molar-refractivity contribution in [2.75, 3.05) is 32.2 Å². The van der Waals surface area contributed by atoms with E-state index in [2.05, 4.69) is 4.98 Å². The lowest BCUT2D eigenvalue weighted by Gasteiger charge is -2.09. The highest BCUT2D eigenvalue weighted by Crippen LogP contribution is 2.34. The SMILES string of the molecule is CC.Nc1ccccc2nc(c(-c3cccc(OCCCO)c3)c3ccc(cc4nc(c1-c1cccc(OCCCO)c1)C=C4)[nH]3)C=C2. The number of aromatic amines is 1. The number of aliphatic hydroxyl groups is 2. The molecule has 0 spiro atoms. The summed E-state index contributed by atoms with van der Waals surface area (Å²) >= 11 is 0. The molecule has 0 amide bonds. The fourth-order valence-electron chi connectivity index (χ4n) is 5.30. The monoisotopic (exact) mass is 642 g/mol. The highest BCUT2D eigenvalue weighted by molar-refractivity contribution is 5.91. The Hall–Kier alpha value is -5.44. The second-order valence-corrected chi connectivity index (χ2v) is 10.8. The Morgan fingerprint density at radius 1 is 0.625 bits per heavy atom. The summed E-state index contributed by atoms with van der Waals surface area (Å²) in [5, 5.41) is 18.3.